The van der Waals surface area contributed by atoms with Crippen molar-refractivity contribution in [2.24, 2.45) is 0 Å². The van der Waals surface area contributed by atoms with Gasteiger partial charge in [0.25, 0.3) is 0 Å². The lowest BCUT2D eigenvalue weighted by Gasteiger charge is -2.23. The van der Waals surface area contributed by atoms with Crippen molar-refractivity contribution in [3.05, 3.63) is 29.6 Å². The summed E-state index contributed by atoms with van der Waals surface area (Å²) in [7, 11) is -3.78. The third-order valence-corrected chi connectivity index (χ3v) is 4.60. The van der Waals surface area contributed by atoms with E-state index in [1.807, 2.05) is 0 Å². The van der Waals surface area contributed by atoms with Crippen molar-refractivity contribution < 1.29 is 12.8 Å². The predicted octanol–water partition coefficient (Wildman–Crippen LogP) is 1.16. The molecule has 2 N–H and O–H groups in total. The van der Waals surface area contributed by atoms with Gasteiger partial charge in [-0.25, -0.2) is 17.5 Å². The van der Waals surface area contributed by atoms with Gasteiger partial charge in [0.1, 0.15) is 10.7 Å². The fourth-order valence-electron chi connectivity index (χ4n) is 2.06. The Balaban J connectivity index is 2.22. The first kappa shape index (κ1) is 13.5. The highest BCUT2D eigenvalue weighted by molar-refractivity contribution is 7.89. The smallest absolute Gasteiger partial charge is 0.243 e. The lowest BCUT2D eigenvalue weighted by atomic mass is 10.1. The molecule has 1 aliphatic heterocycles. The molecule has 100 valence electrons. The second-order valence-corrected chi connectivity index (χ2v) is 6.23. The van der Waals surface area contributed by atoms with E-state index in [4.69, 9.17) is 0 Å². The van der Waals surface area contributed by atoms with Gasteiger partial charge in [0.2, 0.25) is 10.0 Å². The molecule has 0 aromatic heterocycles. The number of rotatable bonds is 3. The number of nitrogens with one attached hydrogen (secondary N) is 2. The van der Waals surface area contributed by atoms with Crippen molar-refractivity contribution in [2.45, 2.75) is 30.7 Å². The highest BCUT2D eigenvalue weighted by Crippen LogP contribution is 2.18. The molecule has 1 heterocycles. The molecular formula is C12H17FN2O2S. The van der Waals surface area contributed by atoms with Gasteiger partial charge in [-0.2, -0.15) is 0 Å². The molecule has 0 radical (unpaired) electrons. The molecule has 0 saturated carbocycles. The summed E-state index contributed by atoms with van der Waals surface area (Å²) in [6.45, 7) is 3.04. The fourth-order valence-corrected chi connectivity index (χ4v) is 3.48. The van der Waals surface area contributed by atoms with Crippen molar-refractivity contribution >= 4 is 10.0 Å². The molecule has 1 fully saturated rings. The van der Waals surface area contributed by atoms with E-state index in [9.17, 15) is 12.8 Å². The summed E-state index contributed by atoms with van der Waals surface area (Å²) in [5, 5.41) is 3.11. The van der Waals surface area contributed by atoms with Crippen LogP contribution in [0.4, 0.5) is 4.39 Å². The lowest BCUT2D eigenvalue weighted by Crippen LogP contribution is -2.45. The average molecular weight is 272 g/mol. The standard InChI is InChI=1S/C12H17FN2O2S/c1-9-4-2-6-11(12(9)13)18(16,17)15-10-5-3-7-14-8-10/h2,4,6,10,14-15H,3,5,7-8H2,1H3. The van der Waals surface area contributed by atoms with Gasteiger partial charge in [-0.05, 0) is 37.9 Å². The van der Waals surface area contributed by atoms with Gasteiger partial charge in [0.05, 0.1) is 0 Å². The van der Waals surface area contributed by atoms with Crippen molar-refractivity contribution in [2.75, 3.05) is 13.1 Å². The summed E-state index contributed by atoms with van der Waals surface area (Å²) in [4.78, 5) is -0.270. The molecule has 0 amide bonds. The number of aryl methyl sites for hydroxylation is 1. The van der Waals surface area contributed by atoms with Crippen LogP contribution in [0, 0.1) is 12.7 Å². The highest BCUT2D eigenvalue weighted by atomic mass is 32.2. The van der Waals surface area contributed by atoms with E-state index in [1.54, 1.807) is 19.1 Å². The number of halogens is 1. The van der Waals surface area contributed by atoms with Gasteiger partial charge in [-0.3, -0.25) is 0 Å². The lowest BCUT2D eigenvalue weighted by molar-refractivity contribution is 0.427. The van der Waals surface area contributed by atoms with E-state index < -0.39 is 15.8 Å². The molecule has 0 aliphatic carbocycles. The van der Waals surface area contributed by atoms with Gasteiger partial charge >= 0.3 is 0 Å². The first-order valence-electron chi connectivity index (χ1n) is 5.99. The van der Waals surface area contributed by atoms with Gasteiger partial charge in [-0.15, -0.1) is 0 Å². The van der Waals surface area contributed by atoms with Crippen LogP contribution in [-0.4, -0.2) is 27.5 Å². The third kappa shape index (κ3) is 2.88. The number of hydrogen-bond acceptors (Lipinski definition) is 3. The second kappa shape index (κ2) is 5.34. The first-order chi connectivity index (χ1) is 8.50. The minimum absolute atomic E-state index is 0.163. The molecule has 1 aliphatic rings. The Hall–Kier alpha value is -0.980. The van der Waals surface area contributed by atoms with Crippen LogP contribution < -0.4 is 10.0 Å². The monoisotopic (exact) mass is 272 g/mol. The number of hydrogen-bond donors (Lipinski definition) is 2. The molecular weight excluding hydrogens is 255 g/mol. The topological polar surface area (TPSA) is 58.2 Å². The molecule has 0 bridgehead atoms. The summed E-state index contributed by atoms with van der Waals surface area (Å²) in [6, 6.07) is 4.23. The Kier molecular flexibility index (Phi) is 3.99. The molecule has 18 heavy (non-hydrogen) atoms. The van der Waals surface area contributed by atoms with Crippen molar-refractivity contribution in [3.63, 3.8) is 0 Å². The Morgan fingerprint density at radius 2 is 2.22 bits per heavy atom. The first-order valence-corrected chi connectivity index (χ1v) is 7.47. The molecule has 1 saturated heterocycles. The van der Waals surface area contributed by atoms with Crippen LogP contribution in [0.3, 0.4) is 0 Å². The van der Waals surface area contributed by atoms with Crippen molar-refractivity contribution in [1.29, 1.82) is 0 Å². The summed E-state index contributed by atoms with van der Waals surface area (Å²) >= 11 is 0. The number of piperidine rings is 1. The van der Waals surface area contributed by atoms with E-state index in [-0.39, 0.29) is 10.9 Å². The van der Waals surface area contributed by atoms with Gasteiger partial charge in [0, 0.05) is 12.6 Å². The molecule has 2 rings (SSSR count). The molecule has 1 unspecified atom stereocenters. The third-order valence-electron chi connectivity index (χ3n) is 3.06. The second-order valence-electron chi connectivity index (χ2n) is 4.55. The molecule has 1 atom stereocenters. The Morgan fingerprint density at radius 1 is 1.44 bits per heavy atom. The predicted molar refractivity (Wildman–Crippen MR) is 67.4 cm³/mol. The average Bonchev–Trinajstić information content (AvgIpc) is 2.33. The molecule has 4 nitrogen and oxygen atoms in total. The van der Waals surface area contributed by atoms with E-state index >= 15 is 0 Å². The van der Waals surface area contributed by atoms with Crippen LogP contribution in [0.2, 0.25) is 0 Å². The fraction of sp³-hybridized carbons (Fsp3) is 0.500. The van der Waals surface area contributed by atoms with Crippen molar-refractivity contribution in [3.8, 4) is 0 Å². The van der Waals surface area contributed by atoms with E-state index in [0.29, 0.717) is 12.1 Å². The van der Waals surface area contributed by atoms with Crippen LogP contribution >= 0.6 is 0 Å². The largest absolute Gasteiger partial charge is 0.315 e. The highest BCUT2D eigenvalue weighted by Gasteiger charge is 2.24. The minimum atomic E-state index is -3.78. The van der Waals surface area contributed by atoms with E-state index in [2.05, 4.69) is 10.0 Å². The van der Waals surface area contributed by atoms with E-state index in [0.717, 1.165) is 19.4 Å². The van der Waals surface area contributed by atoms with Crippen LogP contribution in [0.5, 0.6) is 0 Å². The Bertz CT molecular complexity index is 525. The Morgan fingerprint density at radius 3 is 2.89 bits per heavy atom. The van der Waals surface area contributed by atoms with Crippen LogP contribution in [0.1, 0.15) is 18.4 Å². The summed E-state index contributed by atoms with van der Waals surface area (Å²) in [5.74, 6) is -0.672. The SMILES string of the molecule is Cc1cccc(S(=O)(=O)NC2CCCNC2)c1F. The van der Waals surface area contributed by atoms with Crippen LogP contribution in [0.25, 0.3) is 0 Å². The molecule has 1 aromatic carbocycles. The van der Waals surface area contributed by atoms with Crippen LogP contribution in [-0.2, 0) is 10.0 Å². The maximum Gasteiger partial charge on any atom is 0.243 e. The maximum absolute atomic E-state index is 13.8. The normalized spacial score (nSPS) is 20.9. The summed E-state index contributed by atoms with van der Waals surface area (Å²) in [5.41, 5.74) is 0.333. The maximum atomic E-state index is 13.8. The van der Waals surface area contributed by atoms with E-state index in [1.165, 1.54) is 6.07 Å². The van der Waals surface area contributed by atoms with Crippen molar-refractivity contribution in [1.82, 2.24) is 10.0 Å². The zero-order valence-electron chi connectivity index (χ0n) is 10.2. The Labute approximate surface area is 107 Å². The number of sulfonamides is 1. The van der Waals surface area contributed by atoms with Crippen LogP contribution in [0.15, 0.2) is 23.1 Å². The molecule has 6 heteroatoms. The minimum Gasteiger partial charge on any atom is -0.315 e. The van der Waals surface area contributed by atoms with Gasteiger partial charge in [-0.1, -0.05) is 12.1 Å². The van der Waals surface area contributed by atoms with Gasteiger partial charge < -0.3 is 5.32 Å². The zero-order chi connectivity index (χ0) is 13.2. The number of benzene rings is 1. The van der Waals surface area contributed by atoms with Gasteiger partial charge in [0.15, 0.2) is 0 Å². The summed E-state index contributed by atoms with van der Waals surface area (Å²) in [6.07, 6.45) is 1.70. The molecule has 1 aromatic rings. The quantitative estimate of drug-likeness (QED) is 0.868. The summed E-state index contributed by atoms with van der Waals surface area (Å²) < 4.78 is 40.6. The zero-order valence-corrected chi connectivity index (χ0v) is 11.1. The molecule has 0 spiro atoms.